The molecule has 0 aliphatic heterocycles. The number of non-ortho nitro benzene ring substituents is 1. The van der Waals surface area contributed by atoms with Crippen LogP contribution in [0.4, 0.5) is 10.8 Å². The molecule has 0 unspecified atom stereocenters. The van der Waals surface area contributed by atoms with E-state index < -0.39 is 4.92 Å². The number of hydrogen-bond donors (Lipinski definition) is 0. The van der Waals surface area contributed by atoms with Crippen LogP contribution >= 0.6 is 23.7 Å². The largest absolute Gasteiger partial charge is 0.494 e. The Kier molecular flexibility index (Phi) is 8.73. The summed E-state index contributed by atoms with van der Waals surface area (Å²) in [6.45, 7) is 3.82. The fourth-order valence-corrected chi connectivity index (χ4v) is 3.99. The zero-order valence-corrected chi connectivity index (χ0v) is 19.2. The molecule has 3 rings (SSSR count). The molecule has 10 heteroatoms. The molecule has 0 aliphatic carbocycles. The van der Waals surface area contributed by atoms with E-state index in [1.165, 1.54) is 35.6 Å². The Morgan fingerprint density at radius 3 is 2.48 bits per heavy atom. The second-order valence-corrected chi connectivity index (χ2v) is 7.99. The molecular formula is C21H25ClN4O4S. The topological polar surface area (TPSA) is 88.8 Å². The molecule has 0 saturated heterocycles. The average Bonchev–Trinajstić information content (AvgIpc) is 3.14. The molecule has 0 saturated carbocycles. The van der Waals surface area contributed by atoms with Crippen molar-refractivity contribution in [1.29, 1.82) is 0 Å². The number of thiazole rings is 1. The van der Waals surface area contributed by atoms with Crippen LogP contribution in [0.2, 0.25) is 0 Å². The molecule has 166 valence electrons. The molecule has 1 heterocycles. The molecule has 0 radical (unpaired) electrons. The minimum atomic E-state index is -0.480. The van der Waals surface area contributed by atoms with E-state index in [0.717, 1.165) is 28.9 Å². The van der Waals surface area contributed by atoms with Gasteiger partial charge in [0.2, 0.25) is 0 Å². The van der Waals surface area contributed by atoms with Gasteiger partial charge in [0, 0.05) is 24.2 Å². The summed E-state index contributed by atoms with van der Waals surface area (Å²) in [5.41, 5.74) is 1.14. The van der Waals surface area contributed by atoms with Crippen LogP contribution < -0.4 is 9.64 Å². The third-order valence-corrected chi connectivity index (χ3v) is 5.49. The van der Waals surface area contributed by atoms with E-state index in [1.807, 2.05) is 39.2 Å². The summed E-state index contributed by atoms with van der Waals surface area (Å²) >= 11 is 1.43. The van der Waals surface area contributed by atoms with Crippen molar-refractivity contribution in [1.82, 2.24) is 9.88 Å². The number of nitro groups is 1. The van der Waals surface area contributed by atoms with Gasteiger partial charge in [-0.15, -0.1) is 12.4 Å². The fourth-order valence-electron chi connectivity index (χ4n) is 2.98. The number of aromatic nitrogens is 1. The summed E-state index contributed by atoms with van der Waals surface area (Å²) in [6.07, 6.45) is 0.770. The summed E-state index contributed by atoms with van der Waals surface area (Å²) in [5.74, 6) is 0.536. The smallest absolute Gasteiger partial charge is 0.269 e. The van der Waals surface area contributed by atoms with E-state index in [-0.39, 0.29) is 24.0 Å². The van der Waals surface area contributed by atoms with Crippen molar-refractivity contribution in [2.45, 2.75) is 13.3 Å². The third-order valence-electron chi connectivity index (χ3n) is 4.45. The van der Waals surface area contributed by atoms with Gasteiger partial charge in [-0.3, -0.25) is 19.8 Å². The van der Waals surface area contributed by atoms with Gasteiger partial charge in [-0.2, -0.15) is 0 Å². The molecule has 8 nitrogen and oxygen atoms in total. The number of anilines is 1. The minimum Gasteiger partial charge on any atom is -0.494 e. The lowest BCUT2D eigenvalue weighted by molar-refractivity contribution is -0.384. The van der Waals surface area contributed by atoms with Crippen molar-refractivity contribution in [2.24, 2.45) is 0 Å². The average molecular weight is 465 g/mol. The van der Waals surface area contributed by atoms with Gasteiger partial charge in [-0.25, -0.2) is 4.98 Å². The summed E-state index contributed by atoms with van der Waals surface area (Å²) in [4.78, 5) is 32.0. The molecular weight excluding hydrogens is 440 g/mol. The number of halogens is 1. The van der Waals surface area contributed by atoms with Crippen molar-refractivity contribution >= 4 is 50.7 Å². The first-order valence-electron chi connectivity index (χ1n) is 9.63. The van der Waals surface area contributed by atoms with Gasteiger partial charge in [0.15, 0.2) is 5.13 Å². The van der Waals surface area contributed by atoms with Crippen LogP contribution in [0.3, 0.4) is 0 Å². The van der Waals surface area contributed by atoms with Gasteiger partial charge in [0.05, 0.1) is 21.7 Å². The highest BCUT2D eigenvalue weighted by Crippen LogP contribution is 2.32. The predicted octanol–water partition coefficient (Wildman–Crippen LogP) is 4.62. The Balaban J connectivity index is 0.00000341. The number of carbonyl (C=O) groups excluding carboxylic acids is 1. The molecule has 2 aromatic carbocycles. The first kappa shape index (κ1) is 24.5. The van der Waals surface area contributed by atoms with E-state index in [1.54, 1.807) is 4.90 Å². The van der Waals surface area contributed by atoms with Gasteiger partial charge in [-0.1, -0.05) is 11.3 Å². The number of hydrogen-bond acceptors (Lipinski definition) is 7. The zero-order chi connectivity index (χ0) is 21.7. The molecule has 0 bridgehead atoms. The van der Waals surface area contributed by atoms with Crippen LogP contribution in [0.15, 0.2) is 42.5 Å². The second-order valence-electron chi connectivity index (χ2n) is 6.98. The Morgan fingerprint density at radius 2 is 1.87 bits per heavy atom. The standard InChI is InChI=1S/C21H24N4O4S.ClH/c1-4-29-17-10-11-18-19(14-17)30-21(22-18)24(13-5-12-23(2)3)20(26)15-6-8-16(9-7-15)25(27)28;/h6-11,14H,4-5,12-13H2,1-3H3;1H. The number of nitrogens with zero attached hydrogens (tertiary/aromatic N) is 4. The molecule has 0 atom stereocenters. The van der Waals surface area contributed by atoms with E-state index in [2.05, 4.69) is 9.88 Å². The molecule has 1 aromatic heterocycles. The number of ether oxygens (including phenoxy) is 1. The van der Waals surface area contributed by atoms with E-state index in [4.69, 9.17) is 4.74 Å². The Bertz CT molecular complexity index is 1040. The normalized spacial score (nSPS) is 10.7. The lowest BCUT2D eigenvalue weighted by atomic mass is 10.2. The summed E-state index contributed by atoms with van der Waals surface area (Å²) in [5, 5.41) is 11.5. The van der Waals surface area contributed by atoms with Gasteiger partial charge >= 0.3 is 0 Å². The molecule has 0 spiro atoms. The number of rotatable bonds is 9. The van der Waals surface area contributed by atoms with Gasteiger partial charge in [0.1, 0.15) is 5.75 Å². The minimum absolute atomic E-state index is 0. The summed E-state index contributed by atoms with van der Waals surface area (Å²) in [7, 11) is 3.96. The molecule has 0 N–H and O–H groups in total. The van der Waals surface area contributed by atoms with Gasteiger partial charge in [0.25, 0.3) is 11.6 Å². The van der Waals surface area contributed by atoms with Crippen molar-refractivity contribution < 1.29 is 14.5 Å². The molecule has 3 aromatic rings. The second kappa shape index (κ2) is 11.0. The highest BCUT2D eigenvalue weighted by Gasteiger charge is 2.22. The number of nitro benzene ring substituents is 1. The SMILES string of the molecule is CCOc1ccc2nc(N(CCCN(C)C)C(=O)c3ccc([N+](=O)[O-])cc3)sc2c1.Cl. The monoisotopic (exact) mass is 464 g/mol. The van der Waals surface area contributed by atoms with E-state index in [0.29, 0.717) is 23.8 Å². The maximum Gasteiger partial charge on any atom is 0.269 e. The number of fused-ring (bicyclic) bond motifs is 1. The summed E-state index contributed by atoms with van der Waals surface area (Å²) < 4.78 is 6.50. The molecule has 1 amide bonds. The Labute approximate surface area is 191 Å². The van der Waals surface area contributed by atoms with Crippen molar-refractivity contribution in [3.05, 3.63) is 58.1 Å². The van der Waals surface area contributed by atoms with Gasteiger partial charge < -0.3 is 9.64 Å². The first-order chi connectivity index (χ1) is 14.4. The van der Waals surface area contributed by atoms with Crippen LogP contribution in [0.25, 0.3) is 10.2 Å². The van der Waals surface area contributed by atoms with Crippen LogP contribution in [-0.2, 0) is 0 Å². The van der Waals surface area contributed by atoms with Crippen molar-refractivity contribution in [2.75, 3.05) is 38.7 Å². The number of benzene rings is 2. The predicted molar refractivity (Wildman–Crippen MR) is 126 cm³/mol. The van der Waals surface area contributed by atoms with Crippen molar-refractivity contribution in [3.63, 3.8) is 0 Å². The number of amides is 1. The maximum absolute atomic E-state index is 13.2. The van der Waals surface area contributed by atoms with Crippen LogP contribution in [0, 0.1) is 10.1 Å². The van der Waals surface area contributed by atoms with Crippen molar-refractivity contribution in [3.8, 4) is 5.75 Å². The van der Waals surface area contributed by atoms with Crippen LogP contribution in [0.1, 0.15) is 23.7 Å². The Morgan fingerprint density at radius 1 is 1.16 bits per heavy atom. The van der Waals surface area contributed by atoms with Crippen LogP contribution in [0.5, 0.6) is 5.75 Å². The number of carbonyl (C=O) groups is 1. The fraction of sp³-hybridized carbons (Fsp3) is 0.333. The quantitative estimate of drug-likeness (QED) is 0.339. The Hall–Kier alpha value is -2.75. The summed E-state index contributed by atoms with van der Waals surface area (Å²) in [6, 6.07) is 11.3. The molecule has 0 fully saturated rings. The van der Waals surface area contributed by atoms with Gasteiger partial charge in [-0.05, 0) is 64.3 Å². The lowest BCUT2D eigenvalue weighted by Gasteiger charge is -2.21. The molecule has 0 aliphatic rings. The highest BCUT2D eigenvalue weighted by atomic mass is 35.5. The van der Waals surface area contributed by atoms with Crippen LogP contribution in [-0.4, -0.2) is 54.5 Å². The highest BCUT2D eigenvalue weighted by molar-refractivity contribution is 7.22. The first-order valence-corrected chi connectivity index (χ1v) is 10.4. The third kappa shape index (κ3) is 6.13. The lowest BCUT2D eigenvalue weighted by Crippen LogP contribution is -2.33. The van der Waals surface area contributed by atoms with E-state index in [9.17, 15) is 14.9 Å². The maximum atomic E-state index is 13.2. The zero-order valence-electron chi connectivity index (χ0n) is 17.6. The molecule has 31 heavy (non-hydrogen) atoms. The van der Waals surface area contributed by atoms with E-state index >= 15 is 0 Å².